The highest BCUT2D eigenvalue weighted by Crippen LogP contribution is 2.36. The number of fused-ring (bicyclic) bond motifs is 2. The van der Waals surface area contributed by atoms with Gasteiger partial charge in [-0.15, -0.1) is 11.3 Å². The van der Waals surface area contributed by atoms with E-state index >= 15 is 0 Å². The van der Waals surface area contributed by atoms with Gasteiger partial charge in [0.1, 0.15) is 5.76 Å². The van der Waals surface area contributed by atoms with E-state index in [1.807, 2.05) is 22.3 Å². The van der Waals surface area contributed by atoms with Crippen LogP contribution < -0.4 is 5.32 Å². The minimum atomic E-state index is 0.0627. The highest BCUT2D eigenvalue weighted by atomic mass is 32.1. The van der Waals surface area contributed by atoms with Crippen molar-refractivity contribution in [1.29, 1.82) is 0 Å². The fourth-order valence-electron chi connectivity index (χ4n) is 3.95. The summed E-state index contributed by atoms with van der Waals surface area (Å²) in [6.07, 6.45) is 6.71. The van der Waals surface area contributed by atoms with Crippen molar-refractivity contribution in [3.8, 4) is 0 Å². The van der Waals surface area contributed by atoms with Gasteiger partial charge in [-0.1, -0.05) is 6.92 Å². The maximum Gasteiger partial charge on any atom is 0.318 e. The van der Waals surface area contributed by atoms with Crippen molar-refractivity contribution in [1.82, 2.24) is 10.2 Å². The molecule has 3 heterocycles. The molecule has 122 valence electrons. The van der Waals surface area contributed by atoms with Gasteiger partial charge in [-0.3, -0.25) is 0 Å². The molecule has 2 aliphatic rings. The lowest BCUT2D eigenvalue weighted by molar-refractivity contribution is 0.163. The Morgan fingerprint density at radius 1 is 1.39 bits per heavy atom. The molecule has 4 rings (SSSR count). The third-order valence-electron chi connectivity index (χ3n) is 5.09. The summed E-state index contributed by atoms with van der Waals surface area (Å²) in [5, 5.41) is 5.40. The van der Waals surface area contributed by atoms with E-state index in [4.69, 9.17) is 4.42 Å². The standard InChI is InChI=1S/C18H22N2O2S/c1-2-15-13-8-11-23-17(13)6-9-20(15)18(21)19-14-4-3-5-16-12(14)7-10-22-16/h7-8,10-11,14-15H,2-6,9H2,1H3,(H,19,21). The molecular weight excluding hydrogens is 308 g/mol. The topological polar surface area (TPSA) is 45.5 Å². The number of carbonyl (C=O) groups excluding carboxylic acids is 1. The minimum absolute atomic E-state index is 0.0627. The van der Waals surface area contributed by atoms with Crippen LogP contribution in [-0.4, -0.2) is 17.5 Å². The second-order valence-corrected chi connectivity index (χ2v) is 7.36. The highest BCUT2D eigenvalue weighted by Gasteiger charge is 2.32. The highest BCUT2D eigenvalue weighted by molar-refractivity contribution is 7.10. The van der Waals surface area contributed by atoms with Crippen LogP contribution in [0.1, 0.15) is 60.0 Å². The van der Waals surface area contributed by atoms with Gasteiger partial charge in [0.2, 0.25) is 0 Å². The molecule has 1 N–H and O–H groups in total. The fourth-order valence-corrected chi connectivity index (χ4v) is 4.88. The number of carbonyl (C=O) groups is 1. The van der Waals surface area contributed by atoms with E-state index < -0.39 is 0 Å². The van der Waals surface area contributed by atoms with E-state index in [1.54, 1.807) is 6.26 Å². The smallest absolute Gasteiger partial charge is 0.318 e. The van der Waals surface area contributed by atoms with Gasteiger partial charge < -0.3 is 14.6 Å². The second kappa shape index (κ2) is 6.04. The first-order chi connectivity index (χ1) is 11.3. The van der Waals surface area contributed by atoms with E-state index in [9.17, 15) is 4.79 Å². The molecule has 0 radical (unpaired) electrons. The number of nitrogens with one attached hydrogen (secondary N) is 1. The Bertz CT molecular complexity index is 705. The maximum atomic E-state index is 12.9. The Morgan fingerprint density at radius 3 is 3.17 bits per heavy atom. The van der Waals surface area contributed by atoms with E-state index in [0.717, 1.165) is 50.0 Å². The zero-order chi connectivity index (χ0) is 15.8. The van der Waals surface area contributed by atoms with Crippen molar-refractivity contribution < 1.29 is 9.21 Å². The molecule has 2 amide bonds. The van der Waals surface area contributed by atoms with Gasteiger partial charge in [-0.2, -0.15) is 0 Å². The van der Waals surface area contributed by atoms with Gasteiger partial charge in [0.15, 0.2) is 0 Å². The molecule has 2 aromatic heterocycles. The largest absolute Gasteiger partial charge is 0.469 e. The molecule has 2 aromatic rings. The molecule has 0 fully saturated rings. The van der Waals surface area contributed by atoms with Crippen LogP contribution in [0.25, 0.3) is 0 Å². The number of urea groups is 1. The molecule has 0 saturated heterocycles. The molecule has 1 aliphatic heterocycles. The van der Waals surface area contributed by atoms with Gasteiger partial charge in [-0.05, 0) is 48.8 Å². The van der Waals surface area contributed by atoms with Crippen LogP contribution in [0, 0.1) is 0 Å². The van der Waals surface area contributed by atoms with Crippen LogP contribution in [-0.2, 0) is 12.8 Å². The number of amides is 2. The number of rotatable bonds is 2. The second-order valence-electron chi connectivity index (χ2n) is 6.36. The Balaban J connectivity index is 1.52. The van der Waals surface area contributed by atoms with E-state index in [2.05, 4.69) is 23.7 Å². The summed E-state index contributed by atoms with van der Waals surface area (Å²) >= 11 is 1.81. The van der Waals surface area contributed by atoms with Crippen molar-refractivity contribution in [2.24, 2.45) is 0 Å². The first-order valence-electron chi connectivity index (χ1n) is 8.47. The van der Waals surface area contributed by atoms with Crippen molar-refractivity contribution in [2.75, 3.05) is 6.54 Å². The van der Waals surface area contributed by atoms with Gasteiger partial charge in [0, 0.05) is 23.4 Å². The zero-order valence-electron chi connectivity index (χ0n) is 13.4. The molecule has 1 aliphatic carbocycles. The van der Waals surface area contributed by atoms with Crippen molar-refractivity contribution >= 4 is 17.4 Å². The van der Waals surface area contributed by atoms with Crippen LogP contribution in [0.2, 0.25) is 0 Å². The lowest BCUT2D eigenvalue weighted by Crippen LogP contribution is -2.46. The number of hydrogen-bond acceptors (Lipinski definition) is 3. The van der Waals surface area contributed by atoms with Gasteiger partial charge in [0.05, 0.1) is 18.3 Å². The average molecular weight is 330 g/mol. The average Bonchev–Trinajstić information content (AvgIpc) is 3.22. The van der Waals surface area contributed by atoms with Gasteiger partial charge in [0.25, 0.3) is 0 Å². The van der Waals surface area contributed by atoms with Gasteiger partial charge >= 0.3 is 6.03 Å². The summed E-state index contributed by atoms with van der Waals surface area (Å²) in [4.78, 5) is 16.3. The van der Waals surface area contributed by atoms with Crippen LogP contribution in [0.15, 0.2) is 28.2 Å². The predicted molar refractivity (Wildman–Crippen MR) is 90.7 cm³/mol. The molecule has 0 saturated carbocycles. The molecule has 23 heavy (non-hydrogen) atoms. The lowest BCUT2D eigenvalue weighted by Gasteiger charge is -2.37. The fraction of sp³-hybridized carbons (Fsp3) is 0.500. The summed E-state index contributed by atoms with van der Waals surface area (Å²) < 4.78 is 5.53. The molecule has 0 aromatic carbocycles. The monoisotopic (exact) mass is 330 g/mol. The number of nitrogens with zero attached hydrogens (tertiary/aromatic N) is 1. The Morgan fingerprint density at radius 2 is 2.30 bits per heavy atom. The Hall–Kier alpha value is -1.75. The maximum absolute atomic E-state index is 12.9. The van der Waals surface area contributed by atoms with Crippen molar-refractivity contribution in [2.45, 2.75) is 51.1 Å². The van der Waals surface area contributed by atoms with Crippen molar-refractivity contribution in [3.05, 3.63) is 45.5 Å². The minimum Gasteiger partial charge on any atom is -0.469 e. The summed E-state index contributed by atoms with van der Waals surface area (Å²) in [7, 11) is 0. The zero-order valence-corrected chi connectivity index (χ0v) is 14.2. The summed E-state index contributed by atoms with van der Waals surface area (Å²) in [5.74, 6) is 1.03. The third kappa shape index (κ3) is 2.57. The van der Waals surface area contributed by atoms with E-state index in [0.29, 0.717) is 0 Å². The van der Waals surface area contributed by atoms with Crippen LogP contribution in [0.4, 0.5) is 4.79 Å². The quantitative estimate of drug-likeness (QED) is 0.885. The first-order valence-corrected chi connectivity index (χ1v) is 9.35. The van der Waals surface area contributed by atoms with Crippen LogP contribution in [0.3, 0.4) is 0 Å². The molecule has 5 heteroatoms. The Kier molecular flexibility index (Phi) is 3.89. The summed E-state index contributed by atoms with van der Waals surface area (Å²) in [6, 6.07) is 4.54. The molecule has 0 spiro atoms. The normalized spacial score (nSPS) is 23.3. The number of furan rings is 1. The summed E-state index contributed by atoms with van der Waals surface area (Å²) in [5.41, 5.74) is 2.50. The molecular formula is C18H22N2O2S. The molecule has 2 atom stereocenters. The van der Waals surface area contributed by atoms with E-state index in [-0.39, 0.29) is 18.1 Å². The summed E-state index contributed by atoms with van der Waals surface area (Å²) in [6.45, 7) is 2.97. The van der Waals surface area contributed by atoms with Crippen LogP contribution in [0.5, 0.6) is 0 Å². The lowest BCUT2D eigenvalue weighted by atomic mass is 9.93. The molecule has 2 unspecified atom stereocenters. The molecule has 4 nitrogen and oxygen atoms in total. The predicted octanol–water partition coefficient (Wildman–Crippen LogP) is 4.44. The number of aryl methyl sites for hydroxylation is 1. The van der Waals surface area contributed by atoms with Crippen molar-refractivity contribution in [3.63, 3.8) is 0 Å². The van der Waals surface area contributed by atoms with Gasteiger partial charge in [-0.25, -0.2) is 4.79 Å². The first kappa shape index (κ1) is 14.8. The van der Waals surface area contributed by atoms with E-state index in [1.165, 1.54) is 10.4 Å². The number of thiophene rings is 1. The number of hydrogen-bond donors (Lipinski definition) is 1. The van der Waals surface area contributed by atoms with Crippen LogP contribution >= 0.6 is 11.3 Å². The Labute approximate surface area is 140 Å². The molecule has 0 bridgehead atoms. The SMILES string of the molecule is CCC1c2ccsc2CCN1C(=O)NC1CCCc2occc21. The third-order valence-corrected chi connectivity index (χ3v) is 6.09.